The van der Waals surface area contributed by atoms with Crippen molar-refractivity contribution in [3.05, 3.63) is 35.9 Å². The van der Waals surface area contributed by atoms with Crippen molar-refractivity contribution in [2.75, 3.05) is 20.1 Å². The SMILES string of the molecule is CN(CCCNC(=O)C(C)(C)C(=O)O)Cc1ccccc1. The molecular formula is C16H24N2O3. The van der Waals surface area contributed by atoms with Gasteiger partial charge in [-0.3, -0.25) is 9.59 Å². The smallest absolute Gasteiger partial charge is 0.318 e. The van der Waals surface area contributed by atoms with Gasteiger partial charge in [-0.25, -0.2) is 0 Å². The monoisotopic (exact) mass is 292 g/mol. The Balaban J connectivity index is 2.25. The van der Waals surface area contributed by atoms with Crippen molar-refractivity contribution in [1.82, 2.24) is 10.2 Å². The summed E-state index contributed by atoms with van der Waals surface area (Å²) in [6.45, 7) is 4.99. The zero-order chi connectivity index (χ0) is 15.9. The van der Waals surface area contributed by atoms with Gasteiger partial charge in [0.25, 0.3) is 0 Å². The molecule has 0 saturated carbocycles. The summed E-state index contributed by atoms with van der Waals surface area (Å²) in [6.07, 6.45) is 0.783. The fraction of sp³-hybridized carbons (Fsp3) is 0.500. The molecule has 0 aliphatic carbocycles. The van der Waals surface area contributed by atoms with Gasteiger partial charge < -0.3 is 15.3 Å². The molecule has 0 radical (unpaired) electrons. The largest absolute Gasteiger partial charge is 0.480 e. The van der Waals surface area contributed by atoms with Crippen LogP contribution < -0.4 is 5.32 Å². The van der Waals surface area contributed by atoms with Gasteiger partial charge in [-0.05, 0) is 39.4 Å². The Morgan fingerprint density at radius 1 is 1.24 bits per heavy atom. The molecule has 1 aromatic rings. The van der Waals surface area contributed by atoms with Crippen LogP contribution in [-0.4, -0.2) is 42.0 Å². The summed E-state index contributed by atoms with van der Waals surface area (Å²) in [5.41, 5.74) is -0.133. The van der Waals surface area contributed by atoms with Crippen LogP contribution in [-0.2, 0) is 16.1 Å². The number of carbonyl (C=O) groups is 2. The third kappa shape index (κ3) is 5.55. The van der Waals surface area contributed by atoms with Crippen molar-refractivity contribution < 1.29 is 14.7 Å². The van der Waals surface area contributed by atoms with Crippen molar-refractivity contribution in [3.63, 3.8) is 0 Å². The summed E-state index contributed by atoms with van der Waals surface area (Å²) in [4.78, 5) is 24.8. The predicted octanol–water partition coefficient (Wildman–Crippen LogP) is 1.74. The first-order valence-corrected chi connectivity index (χ1v) is 7.08. The number of nitrogens with zero attached hydrogens (tertiary/aromatic N) is 1. The Kier molecular flexibility index (Phi) is 6.37. The van der Waals surface area contributed by atoms with Crippen LogP contribution in [0.4, 0.5) is 0 Å². The van der Waals surface area contributed by atoms with E-state index in [0.29, 0.717) is 6.54 Å². The number of hydrogen-bond acceptors (Lipinski definition) is 3. The number of amides is 1. The standard InChI is InChI=1S/C16H24N2O3/c1-16(2,15(20)21)14(19)17-10-7-11-18(3)12-13-8-5-4-6-9-13/h4-6,8-9H,7,10-12H2,1-3H3,(H,17,19)(H,20,21). The van der Waals surface area contributed by atoms with Crippen LogP contribution >= 0.6 is 0 Å². The second kappa shape index (κ2) is 7.78. The third-order valence-corrected chi connectivity index (χ3v) is 3.40. The van der Waals surface area contributed by atoms with E-state index in [1.807, 2.05) is 25.2 Å². The first-order valence-electron chi connectivity index (χ1n) is 7.08. The lowest BCUT2D eigenvalue weighted by molar-refractivity contribution is -0.153. The van der Waals surface area contributed by atoms with E-state index in [4.69, 9.17) is 5.11 Å². The number of aliphatic carboxylic acids is 1. The molecule has 0 unspecified atom stereocenters. The molecule has 21 heavy (non-hydrogen) atoms. The molecule has 5 heteroatoms. The van der Waals surface area contributed by atoms with Gasteiger partial charge in [0.15, 0.2) is 0 Å². The van der Waals surface area contributed by atoms with Crippen molar-refractivity contribution in [2.24, 2.45) is 5.41 Å². The molecule has 0 heterocycles. The number of carboxylic acids is 1. The van der Waals surface area contributed by atoms with E-state index in [2.05, 4.69) is 22.3 Å². The summed E-state index contributed by atoms with van der Waals surface area (Å²) in [5, 5.41) is 11.6. The van der Waals surface area contributed by atoms with Gasteiger partial charge in [-0.15, -0.1) is 0 Å². The molecule has 0 atom stereocenters. The van der Waals surface area contributed by atoms with Crippen LogP contribution in [0.1, 0.15) is 25.8 Å². The highest BCUT2D eigenvalue weighted by atomic mass is 16.4. The summed E-state index contributed by atoms with van der Waals surface area (Å²) >= 11 is 0. The highest BCUT2D eigenvalue weighted by molar-refractivity contribution is 6.00. The van der Waals surface area contributed by atoms with Gasteiger partial charge in [-0.1, -0.05) is 30.3 Å². The van der Waals surface area contributed by atoms with Gasteiger partial charge in [-0.2, -0.15) is 0 Å². The lowest BCUT2D eigenvalue weighted by atomic mass is 9.93. The molecule has 116 valence electrons. The summed E-state index contributed by atoms with van der Waals surface area (Å²) < 4.78 is 0. The van der Waals surface area contributed by atoms with Gasteiger partial charge in [0.1, 0.15) is 5.41 Å². The fourth-order valence-corrected chi connectivity index (χ4v) is 1.84. The number of benzene rings is 1. The molecule has 5 nitrogen and oxygen atoms in total. The predicted molar refractivity (Wildman–Crippen MR) is 81.8 cm³/mol. The molecule has 0 aromatic heterocycles. The maximum atomic E-state index is 11.7. The molecule has 2 N–H and O–H groups in total. The van der Waals surface area contributed by atoms with Crippen molar-refractivity contribution in [3.8, 4) is 0 Å². The van der Waals surface area contributed by atoms with E-state index in [9.17, 15) is 9.59 Å². The average molecular weight is 292 g/mol. The van der Waals surface area contributed by atoms with E-state index in [1.165, 1.54) is 19.4 Å². The molecule has 1 amide bonds. The van der Waals surface area contributed by atoms with E-state index >= 15 is 0 Å². The van der Waals surface area contributed by atoms with E-state index in [1.54, 1.807) is 0 Å². The van der Waals surface area contributed by atoms with Crippen molar-refractivity contribution >= 4 is 11.9 Å². The Labute approximate surface area is 126 Å². The van der Waals surface area contributed by atoms with Crippen molar-refractivity contribution in [2.45, 2.75) is 26.8 Å². The van der Waals surface area contributed by atoms with Gasteiger partial charge in [0.05, 0.1) is 0 Å². The normalized spacial score (nSPS) is 11.4. The number of rotatable bonds is 8. The first kappa shape index (κ1) is 17.2. The van der Waals surface area contributed by atoms with Crippen LogP contribution in [0.3, 0.4) is 0 Å². The quantitative estimate of drug-likeness (QED) is 0.565. The van der Waals surface area contributed by atoms with Crippen LogP contribution in [0.25, 0.3) is 0 Å². The van der Waals surface area contributed by atoms with E-state index in [-0.39, 0.29) is 0 Å². The Bertz CT molecular complexity index is 472. The van der Waals surface area contributed by atoms with Gasteiger partial charge in [0.2, 0.25) is 5.91 Å². The van der Waals surface area contributed by atoms with Crippen LogP contribution in [0, 0.1) is 5.41 Å². The molecule has 0 fully saturated rings. The third-order valence-electron chi connectivity index (χ3n) is 3.40. The number of hydrogen-bond donors (Lipinski definition) is 2. The molecule has 0 spiro atoms. The Morgan fingerprint density at radius 2 is 1.86 bits per heavy atom. The average Bonchev–Trinajstić information content (AvgIpc) is 2.44. The molecule has 0 saturated heterocycles. The zero-order valence-corrected chi connectivity index (χ0v) is 12.9. The molecule has 0 bridgehead atoms. The van der Waals surface area contributed by atoms with Crippen LogP contribution in [0.2, 0.25) is 0 Å². The van der Waals surface area contributed by atoms with Crippen LogP contribution in [0.15, 0.2) is 30.3 Å². The maximum Gasteiger partial charge on any atom is 0.318 e. The molecule has 1 aromatic carbocycles. The summed E-state index contributed by atoms with van der Waals surface area (Å²) in [6, 6.07) is 10.2. The van der Waals surface area contributed by atoms with Gasteiger partial charge in [0, 0.05) is 13.1 Å². The number of carbonyl (C=O) groups excluding carboxylic acids is 1. The zero-order valence-electron chi connectivity index (χ0n) is 12.9. The number of carboxylic acid groups (broad SMARTS) is 1. The van der Waals surface area contributed by atoms with E-state index in [0.717, 1.165) is 19.5 Å². The minimum absolute atomic E-state index is 0.444. The van der Waals surface area contributed by atoms with Crippen LogP contribution in [0.5, 0.6) is 0 Å². The Hall–Kier alpha value is -1.88. The molecular weight excluding hydrogens is 268 g/mol. The maximum absolute atomic E-state index is 11.7. The Morgan fingerprint density at radius 3 is 2.43 bits per heavy atom. The molecule has 0 aliphatic rings. The van der Waals surface area contributed by atoms with E-state index < -0.39 is 17.3 Å². The second-order valence-electron chi connectivity index (χ2n) is 5.76. The lowest BCUT2D eigenvalue weighted by Crippen LogP contribution is -2.43. The second-order valence-corrected chi connectivity index (χ2v) is 5.76. The minimum atomic E-state index is -1.38. The molecule has 1 rings (SSSR count). The number of nitrogens with one attached hydrogen (secondary N) is 1. The highest BCUT2D eigenvalue weighted by Gasteiger charge is 2.35. The topological polar surface area (TPSA) is 69.6 Å². The first-order chi connectivity index (χ1) is 9.84. The minimum Gasteiger partial charge on any atom is -0.480 e. The lowest BCUT2D eigenvalue weighted by Gasteiger charge is -2.20. The van der Waals surface area contributed by atoms with Gasteiger partial charge >= 0.3 is 5.97 Å². The summed E-state index contributed by atoms with van der Waals surface area (Å²) in [5.74, 6) is -1.55. The van der Waals surface area contributed by atoms with Crippen molar-refractivity contribution in [1.29, 1.82) is 0 Å². The summed E-state index contributed by atoms with van der Waals surface area (Å²) in [7, 11) is 2.02. The molecule has 0 aliphatic heterocycles. The highest BCUT2D eigenvalue weighted by Crippen LogP contribution is 2.14. The fourth-order valence-electron chi connectivity index (χ4n) is 1.84.